The number of hydrogen-bond donors (Lipinski definition) is 1. The Bertz CT molecular complexity index is 358. The Balaban J connectivity index is 1.93. The molecule has 2 heterocycles. The second kappa shape index (κ2) is 5.17. The topological polar surface area (TPSA) is 39.1 Å². The summed E-state index contributed by atoms with van der Waals surface area (Å²) in [6.07, 6.45) is 2.51. The summed E-state index contributed by atoms with van der Waals surface area (Å²) >= 11 is 6.16. The predicted octanol–water partition coefficient (Wildman–Crippen LogP) is 1.65. The van der Waals surface area contributed by atoms with E-state index in [1.165, 1.54) is 0 Å². The van der Waals surface area contributed by atoms with E-state index < -0.39 is 0 Å². The van der Waals surface area contributed by atoms with Crippen LogP contribution in [0.4, 0.5) is 0 Å². The highest BCUT2D eigenvalue weighted by Gasteiger charge is 2.16. The molecule has 0 amide bonds. The van der Waals surface area contributed by atoms with Crippen molar-refractivity contribution in [2.75, 3.05) is 13.1 Å². The lowest BCUT2D eigenvalue weighted by atomic mass is 10.1. The minimum Gasteiger partial charge on any atom is -0.372 e. The van der Waals surface area contributed by atoms with Gasteiger partial charge >= 0.3 is 0 Å². The first-order valence-corrected chi connectivity index (χ1v) is 6.06. The van der Waals surface area contributed by atoms with Crippen molar-refractivity contribution in [1.82, 2.24) is 15.1 Å². The summed E-state index contributed by atoms with van der Waals surface area (Å²) < 4.78 is 7.66. The molecule has 0 radical (unpaired) electrons. The number of rotatable bonds is 3. The van der Waals surface area contributed by atoms with Gasteiger partial charge in [-0.3, -0.25) is 4.68 Å². The lowest BCUT2D eigenvalue weighted by Crippen LogP contribution is -2.32. The average molecular weight is 244 g/mol. The molecule has 0 unspecified atom stereocenters. The molecule has 5 heteroatoms. The van der Waals surface area contributed by atoms with Gasteiger partial charge in [0.1, 0.15) is 0 Å². The maximum absolute atomic E-state index is 6.16. The zero-order chi connectivity index (χ0) is 11.5. The molecule has 0 aliphatic carbocycles. The van der Waals surface area contributed by atoms with Crippen molar-refractivity contribution in [2.24, 2.45) is 7.05 Å². The Hall–Kier alpha value is -0.580. The third-order valence-electron chi connectivity index (χ3n) is 3.00. The third kappa shape index (κ3) is 2.56. The Morgan fingerprint density at radius 3 is 2.75 bits per heavy atom. The molecule has 1 aromatic heterocycles. The predicted molar refractivity (Wildman–Crippen MR) is 63.6 cm³/mol. The highest BCUT2D eigenvalue weighted by Crippen LogP contribution is 2.21. The lowest BCUT2D eigenvalue weighted by Gasteiger charge is -2.22. The second-order valence-electron chi connectivity index (χ2n) is 4.23. The number of aromatic nitrogens is 2. The molecule has 0 atom stereocenters. The van der Waals surface area contributed by atoms with Gasteiger partial charge in [-0.15, -0.1) is 0 Å². The van der Waals surface area contributed by atoms with Gasteiger partial charge in [0, 0.05) is 7.05 Å². The van der Waals surface area contributed by atoms with Crippen LogP contribution in [0, 0.1) is 6.92 Å². The summed E-state index contributed by atoms with van der Waals surface area (Å²) in [7, 11) is 1.90. The summed E-state index contributed by atoms with van der Waals surface area (Å²) in [5.74, 6) is 0. The van der Waals surface area contributed by atoms with E-state index in [4.69, 9.17) is 16.3 Å². The van der Waals surface area contributed by atoms with Crippen LogP contribution in [0.3, 0.4) is 0 Å². The molecule has 0 aromatic carbocycles. The van der Waals surface area contributed by atoms with Crippen molar-refractivity contribution in [3.63, 3.8) is 0 Å². The van der Waals surface area contributed by atoms with E-state index in [1.54, 1.807) is 4.68 Å². The molecule has 90 valence electrons. The van der Waals surface area contributed by atoms with Crippen LogP contribution in [0.1, 0.15) is 24.2 Å². The SMILES string of the molecule is Cc1nn(C)c(COC2CCNCC2)c1Cl. The van der Waals surface area contributed by atoms with Crippen molar-refractivity contribution in [3.05, 3.63) is 16.4 Å². The molecule has 0 spiro atoms. The number of nitrogens with one attached hydrogen (secondary N) is 1. The largest absolute Gasteiger partial charge is 0.372 e. The van der Waals surface area contributed by atoms with Crippen molar-refractivity contribution in [3.8, 4) is 0 Å². The molecular formula is C11H18ClN3O. The van der Waals surface area contributed by atoms with Crippen molar-refractivity contribution < 1.29 is 4.74 Å². The van der Waals surface area contributed by atoms with E-state index in [0.29, 0.717) is 12.7 Å². The van der Waals surface area contributed by atoms with Gasteiger partial charge in [-0.25, -0.2) is 0 Å². The zero-order valence-corrected chi connectivity index (χ0v) is 10.5. The maximum atomic E-state index is 6.16. The molecule has 1 aromatic rings. The lowest BCUT2D eigenvalue weighted by molar-refractivity contribution is 0.0182. The summed E-state index contributed by atoms with van der Waals surface area (Å²) in [5.41, 5.74) is 1.84. The fourth-order valence-corrected chi connectivity index (χ4v) is 2.21. The first-order valence-electron chi connectivity index (χ1n) is 5.68. The summed E-state index contributed by atoms with van der Waals surface area (Å²) in [5, 5.41) is 8.32. The molecule has 1 saturated heterocycles. The van der Waals surface area contributed by atoms with Crippen LogP contribution < -0.4 is 5.32 Å². The molecule has 16 heavy (non-hydrogen) atoms. The Kier molecular flexibility index (Phi) is 3.84. The van der Waals surface area contributed by atoms with E-state index >= 15 is 0 Å². The third-order valence-corrected chi connectivity index (χ3v) is 3.50. The first kappa shape index (κ1) is 11.9. The first-order chi connectivity index (χ1) is 7.68. The van der Waals surface area contributed by atoms with Crippen molar-refractivity contribution in [2.45, 2.75) is 32.5 Å². The summed E-state index contributed by atoms with van der Waals surface area (Å²) in [6, 6.07) is 0. The molecule has 1 aliphatic heterocycles. The van der Waals surface area contributed by atoms with Gasteiger partial charge in [0.15, 0.2) is 0 Å². The van der Waals surface area contributed by atoms with Gasteiger partial charge in [0.2, 0.25) is 0 Å². The maximum Gasteiger partial charge on any atom is 0.0903 e. The molecule has 1 N–H and O–H groups in total. The van der Waals surface area contributed by atoms with Crippen molar-refractivity contribution in [1.29, 1.82) is 0 Å². The number of ether oxygens (including phenoxy) is 1. The standard InChI is InChI=1S/C11H18ClN3O/c1-8-11(12)10(15(2)14-8)7-16-9-3-5-13-6-4-9/h9,13H,3-7H2,1-2H3. The van der Waals surface area contributed by atoms with Gasteiger partial charge < -0.3 is 10.1 Å². The number of aryl methyl sites for hydroxylation is 2. The van der Waals surface area contributed by atoms with Gasteiger partial charge in [-0.05, 0) is 32.9 Å². The number of hydrogen-bond acceptors (Lipinski definition) is 3. The highest BCUT2D eigenvalue weighted by atomic mass is 35.5. The van der Waals surface area contributed by atoms with E-state index in [9.17, 15) is 0 Å². The second-order valence-corrected chi connectivity index (χ2v) is 4.61. The molecular weight excluding hydrogens is 226 g/mol. The Labute approximate surface area is 101 Å². The van der Waals surface area contributed by atoms with Crippen LogP contribution in [0.5, 0.6) is 0 Å². The fraction of sp³-hybridized carbons (Fsp3) is 0.727. The number of piperidine rings is 1. The molecule has 0 saturated carbocycles. The quantitative estimate of drug-likeness (QED) is 0.878. The molecule has 1 aliphatic rings. The van der Waals surface area contributed by atoms with Crippen LogP contribution >= 0.6 is 11.6 Å². The number of nitrogens with zero attached hydrogens (tertiary/aromatic N) is 2. The molecule has 2 rings (SSSR count). The summed E-state index contributed by atoms with van der Waals surface area (Å²) in [4.78, 5) is 0. The van der Waals surface area contributed by atoms with E-state index in [2.05, 4.69) is 10.4 Å². The van der Waals surface area contributed by atoms with Crippen LogP contribution in [0.25, 0.3) is 0 Å². The zero-order valence-electron chi connectivity index (χ0n) is 9.79. The van der Waals surface area contributed by atoms with Crippen LogP contribution in [-0.2, 0) is 18.4 Å². The van der Waals surface area contributed by atoms with Crippen LogP contribution in [0.15, 0.2) is 0 Å². The smallest absolute Gasteiger partial charge is 0.0903 e. The van der Waals surface area contributed by atoms with E-state index in [1.807, 2.05) is 14.0 Å². The fourth-order valence-electron chi connectivity index (χ4n) is 2.00. The minimum absolute atomic E-state index is 0.354. The molecule has 1 fully saturated rings. The van der Waals surface area contributed by atoms with Gasteiger partial charge in [0.05, 0.1) is 29.1 Å². The van der Waals surface area contributed by atoms with Crippen molar-refractivity contribution >= 4 is 11.6 Å². The average Bonchev–Trinajstić information content (AvgIpc) is 2.53. The minimum atomic E-state index is 0.354. The monoisotopic (exact) mass is 243 g/mol. The molecule has 0 bridgehead atoms. The van der Waals surface area contributed by atoms with E-state index in [0.717, 1.165) is 42.3 Å². The van der Waals surface area contributed by atoms with E-state index in [-0.39, 0.29) is 0 Å². The van der Waals surface area contributed by atoms with Crippen LogP contribution in [0.2, 0.25) is 5.02 Å². The van der Waals surface area contributed by atoms with Crippen LogP contribution in [-0.4, -0.2) is 29.0 Å². The number of halogens is 1. The highest BCUT2D eigenvalue weighted by molar-refractivity contribution is 6.31. The normalized spacial score (nSPS) is 17.9. The van der Waals surface area contributed by atoms with Gasteiger partial charge in [-0.2, -0.15) is 5.10 Å². The van der Waals surface area contributed by atoms with Gasteiger partial charge in [-0.1, -0.05) is 11.6 Å². The molecule has 4 nitrogen and oxygen atoms in total. The summed E-state index contributed by atoms with van der Waals surface area (Å²) in [6.45, 7) is 4.56. The van der Waals surface area contributed by atoms with Gasteiger partial charge in [0.25, 0.3) is 0 Å². The Morgan fingerprint density at radius 2 is 2.19 bits per heavy atom. The Morgan fingerprint density at radius 1 is 1.50 bits per heavy atom.